The molecule has 1 atom stereocenters. The van der Waals surface area contributed by atoms with Gasteiger partial charge in [0, 0.05) is 19.6 Å². The van der Waals surface area contributed by atoms with Crippen molar-refractivity contribution in [1.29, 1.82) is 0 Å². The van der Waals surface area contributed by atoms with Crippen molar-refractivity contribution in [3.05, 3.63) is 0 Å². The fraction of sp³-hybridized carbons (Fsp3) is 0.900. The Morgan fingerprint density at radius 2 is 2.20 bits per heavy atom. The van der Waals surface area contributed by atoms with Crippen molar-refractivity contribution < 1.29 is 9.94 Å². The number of rotatable bonds is 4. The number of piperidine rings is 1. The van der Waals surface area contributed by atoms with Gasteiger partial charge in [0.15, 0.2) is 0 Å². The van der Waals surface area contributed by atoms with E-state index in [1.807, 2.05) is 0 Å². The van der Waals surface area contributed by atoms with Gasteiger partial charge in [0.1, 0.15) is 5.84 Å². The van der Waals surface area contributed by atoms with E-state index in [0.717, 1.165) is 32.5 Å². The Bertz CT molecular complexity index is 213. The number of ether oxygens (including phenoxy) is 1. The number of hydrogen-bond acceptors (Lipinski definition) is 4. The Morgan fingerprint density at radius 1 is 1.60 bits per heavy atom. The fourth-order valence-corrected chi connectivity index (χ4v) is 1.93. The number of likely N-dealkylation sites (tertiary alicyclic amines) is 1. The number of hydrogen-bond donors (Lipinski definition) is 2. The highest BCUT2D eigenvalue weighted by Crippen LogP contribution is 2.17. The summed E-state index contributed by atoms with van der Waals surface area (Å²) >= 11 is 0. The lowest BCUT2D eigenvalue weighted by Gasteiger charge is -2.32. The van der Waals surface area contributed by atoms with Crippen LogP contribution in [0.1, 0.15) is 19.8 Å². The first-order valence-electron chi connectivity index (χ1n) is 5.40. The Balaban J connectivity index is 2.30. The van der Waals surface area contributed by atoms with Crippen LogP contribution in [-0.4, -0.2) is 48.8 Å². The zero-order valence-corrected chi connectivity index (χ0v) is 9.52. The van der Waals surface area contributed by atoms with Gasteiger partial charge in [-0.25, -0.2) is 0 Å². The number of oxime groups is 1. The molecule has 1 aliphatic rings. The maximum absolute atomic E-state index is 8.57. The van der Waals surface area contributed by atoms with Crippen LogP contribution in [0.15, 0.2) is 5.16 Å². The summed E-state index contributed by atoms with van der Waals surface area (Å²) in [5, 5.41) is 11.6. The molecule has 0 aromatic rings. The third-order valence-electron chi connectivity index (χ3n) is 3.04. The second kappa shape index (κ2) is 5.92. The van der Waals surface area contributed by atoms with E-state index in [2.05, 4.69) is 17.0 Å². The molecule has 5 heteroatoms. The van der Waals surface area contributed by atoms with Crippen molar-refractivity contribution in [3.63, 3.8) is 0 Å². The normalized spacial score (nSPS) is 22.9. The van der Waals surface area contributed by atoms with Crippen LogP contribution >= 0.6 is 0 Å². The van der Waals surface area contributed by atoms with E-state index in [0.29, 0.717) is 5.84 Å². The molecular formula is C10H21N3O2. The molecule has 88 valence electrons. The van der Waals surface area contributed by atoms with Crippen molar-refractivity contribution >= 4 is 5.84 Å². The van der Waals surface area contributed by atoms with E-state index in [1.54, 1.807) is 7.11 Å². The molecule has 1 unspecified atom stereocenters. The molecule has 0 saturated carbocycles. The van der Waals surface area contributed by atoms with Crippen molar-refractivity contribution in [1.82, 2.24) is 4.90 Å². The van der Waals surface area contributed by atoms with Gasteiger partial charge in [0.05, 0.1) is 6.10 Å². The van der Waals surface area contributed by atoms with Crippen molar-refractivity contribution in [2.24, 2.45) is 16.8 Å². The minimum absolute atomic E-state index is 0.240. The second-order valence-corrected chi connectivity index (χ2v) is 4.15. The summed E-state index contributed by atoms with van der Waals surface area (Å²) < 4.78 is 5.22. The monoisotopic (exact) mass is 215 g/mol. The summed E-state index contributed by atoms with van der Waals surface area (Å²) in [6.45, 7) is 5.01. The SMILES string of the molecule is COC(C)CN1CCC(C(N)=NO)CC1. The number of nitrogens with two attached hydrogens (primary N) is 1. The van der Waals surface area contributed by atoms with Gasteiger partial charge >= 0.3 is 0 Å². The van der Waals surface area contributed by atoms with Crippen LogP contribution in [0, 0.1) is 5.92 Å². The van der Waals surface area contributed by atoms with Crippen LogP contribution in [0.3, 0.4) is 0 Å². The summed E-state index contributed by atoms with van der Waals surface area (Å²) in [6.07, 6.45) is 2.20. The van der Waals surface area contributed by atoms with Gasteiger partial charge in [0.2, 0.25) is 0 Å². The Kier molecular flexibility index (Phi) is 4.84. The average molecular weight is 215 g/mol. The molecule has 0 aromatic heterocycles. The van der Waals surface area contributed by atoms with Crippen LogP contribution in [0.4, 0.5) is 0 Å². The minimum atomic E-state index is 0.240. The molecule has 1 fully saturated rings. The van der Waals surface area contributed by atoms with E-state index in [4.69, 9.17) is 15.7 Å². The molecule has 1 heterocycles. The van der Waals surface area contributed by atoms with Crippen LogP contribution < -0.4 is 5.73 Å². The van der Waals surface area contributed by atoms with Gasteiger partial charge in [-0.3, -0.25) is 0 Å². The van der Waals surface area contributed by atoms with Crippen molar-refractivity contribution in [2.75, 3.05) is 26.7 Å². The smallest absolute Gasteiger partial charge is 0.142 e. The topological polar surface area (TPSA) is 71.1 Å². The molecule has 3 N–H and O–H groups in total. The first kappa shape index (κ1) is 12.3. The molecule has 0 amide bonds. The predicted octanol–water partition coefficient (Wildman–Crippen LogP) is 0.480. The fourth-order valence-electron chi connectivity index (χ4n) is 1.93. The first-order valence-corrected chi connectivity index (χ1v) is 5.40. The highest BCUT2D eigenvalue weighted by Gasteiger charge is 2.22. The van der Waals surface area contributed by atoms with Gasteiger partial charge in [-0.05, 0) is 32.9 Å². The van der Waals surface area contributed by atoms with Crippen LogP contribution in [0.2, 0.25) is 0 Å². The molecule has 0 aromatic carbocycles. The molecule has 1 aliphatic heterocycles. The maximum atomic E-state index is 8.57. The summed E-state index contributed by atoms with van der Waals surface area (Å²) in [4.78, 5) is 2.36. The molecule has 15 heavy (non-hydrogen) atoms. The Labute approximate surface area is 90.9 Å². The third-order valence-corrected chi connectivity index (χ3v) is 3.04. The second-order valence-electron chi connectivity index (χ2n) is 4.15. The zero-order valence-electron chi connectivity index (χ0n) is 9.52. The average Bonchev–Trinajstić information content (AvgIpc) is 2.29. The van der Waals surface area contributed by atoms with Gasteiger partial charge in [-0.1, -0.05) is 5.16 Å². The van der Waals surface area contributed by atoms with Crippen molar-refractivity contribution in [3.8, 4) is 0 Å². The van der Waals surface area contributed by atoms with Crippen molar-refractivity contribution in [2.45, 2.75) is 25.9 Å². The predicted molar refractivity (Wildman–Crippen MR) is 59.0 cm³/mol. The van der Waals surface area contributed by atoms with Crippen LogP contribution in [0.25, 0.3) is 0 Å². The van der Waals surface area contributed by atoms with E-state index in [1.165, 1.54) is 0 Å². The quantitative estimate of drug-likeness (QED) is 0.310. The number of nitrogens with zero attached hydrogens (tertiary/aromatic N) is 2. The maximum Gasteiger partial charge on any atom is 0.142 e. The number of methoxy groups -OCH3 is 1. The molecule has 1 saturated heterocycles. The van der Waals surface area contributed by atoms with Gasteiger partial charge < -0.3 is 20.6 Å². The highest BCUT2D eigenvalue weighted by molar-refractivity contribution is 5.82. The summed E-state index contributed by atoms with van der Waals surface area (Å²) in [7, 11) is 1.73. The summed E-state index contributed by atoms with van der Waals surface area (Å²) in [5.41, 5.74) is 5.58. The molecule has 0 spiro atoms. The van der Waals surface area contributed by atoms with E-state index >= 15 is 0 Å². The lowest BCUT2D eigenvalue weighted by atomic mass is 9.96. The summed E-state index contributed by atoms with van der Waals surface area (Å²) in [5.74, 6) is 0.610. The van der Waals surface area contributed by atoms with Gasteiger partial charge in [0.25, 0.3) is 0 Å². The summed E-state index contributed by atoms with van der Waals surface area (Å²) in [6, 6.07) is 0. The third kappa shape index (κ3) is 3.68. The number of amidine groups is 1. The molecule has 0 bridgehead atoms. The molecular weight excluding hydrogens is 194 g/mol. The standard InChI is InChI=1S/C10H21N3O2/c1-8(15-2)7-13-5-3-9(4-6-13)10(11)12-14/h8-9,14H,3-7H2,1-2H3,(H2,11,12). The Morgan fingerprint density at radius 3 is 2.67 bits per heavy atom. The van der Waals surface area contributed by atoms with E-state index in [9.17, 15) is 0 Å². The van der Waals surface area contributed by atoms with Crippen LogP contribution in [0.5, 0.6) is 0 Å². The highest BCUT2D eigenvalue weighted by atomic mass is 16.5. The molecule has 1 rings (SSSR count). The van der Waals surface area contributed by atoms with E-state index < -0.39 is 0 Å². The minimum Gasteiger partial charge on any atom is -0.409 e. The largest absolute Gasteiger partial charge is 0.409 e. The Hall–Kier alpha value is -0.810. The molecule has 0 aliphatic carbocycles. The van der Waals surface area contributed by atoms with Gasteiger partial charge in [-0.2, -0.15) is 0 Å². The lowest BCUT2D eigenvalue weighted by Crippen LogP contribution is -2.41. The first-order chi connectivity index (χ1) is 7.17. The lowest BCUT2D eigenvalue weighted by molar-refractivity contribution is 0.0666. The zero-order chi connectivity index (χ0) is 11.3. The van der Waals surface area contributed by atoms with Gasteiger partial charge in [-0.15, -0.1) is 0 Å². The molecule has 5 nitrogen and oxygen atoms in total. The van der Waals surface area contributed by atoms with E-state index in [-0.39, 0.29) is 12.0 Å². The van der Waals surface area contributed by atoms with Crippen LogP contribution in [-0.2, 0) is 4.74 Å². The molecule has 0 radical (unpaired) electrons.